The minimum Gasteiger partial charge on any atom is -0.481 e. The van der Waals surface area contributed by atoms with Crippen LogP contribution < -0.4 is 0 Å². The summed E-state index contributed by atoms with van der Waals surface area (Å²) in [5.41, 5.74) is 0.760. The second kappa shape index (κ2) is 6.70. The van der Waals surface area contributed by atoms with Crippen molar-refractivity contribution in [3.05, 3.63) is 48.0 Å². The van der Waals surface area contributed by atoms with Crippen molar-refractivity contribution in [3.8, 4) is 5.69 Å². The van der Waals surface area contributed by atoms with Gasteiger partial charge in [0.25, 0.3) is 5.91 Å². The van der Waals surface area contributed by atoms with Crippen molar-refractivity contribution in [1.29, 1.82) is 0 Å². The van der Waals surface area contributed by atoms with Gasteiger partial charge in [-0.05, 0) is 38.8 Å². The van der Waals surface area contributed by atoms with Gasteiger partial charge in [0.2, 0.25) is 0 Å². The summed E-state index contributed by atoms with van der Waals surface area (Å²) < 4.78 is 1.65. The van der Waals surface area contributed by atoms with E-state index in [1.807, 2.05) is 24.3 Å². The number of fused-ring (bicyclic) bond motifs is 1. The molecule has 3 heterocycles. The number of amides is 1. The Hall–Kier alpha value is -3.29. The molecule has 0 spiro atoms. The predicted molar refractivity (Wildman–Crippen MR) is 102 cm³/mol. The molecule has 8 nitrogen and oxygen atoms in total. The molecule has 0 bridgehead atoms. The molecule has 0 radical (unpaired) electrons. The summed E-state index contributed by atoms with van der Waals surface area (Å²) in [5, 5.41) is 19.8. The summed E-state index contributed by atoms with van der Waals surface area (Å²) >= 11 is 0. The second-order valence-electron chi connectivity index (χ2n) is 7.51. The van der Waals surface area contributed by atoms with Gasteiger partial charge in [-0.25, -0.2) is 4.68 Å². The van der Waals surface area contributed by atoms with Crippen LogP contribution in [0.15, 0.2) is 36.7 Å². The molecular weight excluding hydrogens is 358 g/mol. The molecule has 28 heavy (non-hydrogen) atoms. The fourth-order valence-corrected chi connectivity index (χ4v) is 3.78. The molecule has 1 saturated heterocycles. The molecule has 1 fully saturated rings. The van der Waals surface area contributed by atoms with E-state index in [0.717, 1.165) is 16.5 Å². The van der Waals surface area contributed by atoms with Crippen LogP contribution in [0.4, 0.5) is 0 Å². The minimum absolute atomic E-state index is 0.174. The molecule has 3 aromatic rings. The number of likely N-dealkylation sites (tertiary alicyclic amines) is 1. The highest BCUT2D eigenvalue weighted by atomic mass is 16.4. The molecule has 1 unspecified atom stereocenters. The maximum absolute atomic E-state index is 13.0. The Balaban J connectivity index is 1.69. The Bertz CT molecular complexity index is 1070. The fraction of sp³-hybridized carbons (Fsp3) is 0.350. The van der Waals surface area contributed by atoms with E-state index in [1.54, 1.807) is 35.8 Å². The normalized spacial score (nSPS) is 19.7. The highest BCUT2D eigenvalue weighted by Crippen LogP contribution is 2.31. The summed E-state index contributed by atoms with van der Waals surface area (Å²) in [5.74, 6) is -1.16. The van der Waals surface area contributed by atoms with Crippen molar-refractivity contribution < 1.29 is 14.7 Å². The first-order chi connectivity index (χ1) is 13.4. The summed E-state index contributed by atoms with van der Waals surface area (Å²) in [6.07, 6.45) is 4.70. The average molecular weight is 379 g/mol. The van der Waals surface area contributed by atoms with Gasteiger partial charge in [0.1, 0.15) is 0 Å². The molecule has 1 aromatic carbocycles. The number of piperidine rings is 1. The third-order valence-corrected chi connectivity index (χ3v) is 5.48. The molecular formula is C20H21N5O3. The lowest BCUT2D eigenvalue weighted by Crippen LogP contribution is -2.48. The van der Waals surface area contributed by atoms with E-state index in [4.69, 9.17) is 0 Å². The molecule has 144 valence electrons. The number of benzene rings is 1. The van der Waals surface area contributed by atoms with Gasteiger partial charge in [-0.15, -0.1) is 5.10 Å². The lowest BCUT2D eigenvalue weighted by atomic mass is 9.82. The predicted octanol–water partition coefficient (Wildman–Crippen LogP) is 2.45. The lowest BCUT2D eigenvalue weighted by molar-refractivity contribution is -0.150. The van der Waals surface area contributed by atoms with Crippen LogP contribution in [0.5, 0.6) is 0 Å². The number of pyridine rings is 1. The Morgan fingerprint density at radius 2 is 2.07 bits per heavy atom. The van der Waals surface area contributed by atoms with Gasteiger partial charge < -0.3 is 10.0 Å². The highest BCUT2D eigenvalue weighted by molar-refractivity contribution is 5.94. The first-order valence-electron chi connectivity index (χ1n) is 9.19. The maximum Gasteiger partial charge on any atom is 0.311 e. The van der Waals surface area contributed by atoms with E-state index in [-0.39, 0.29) is 18.1 Å². The van der Waals surface area contributed by atoms with Crippen LogP contribution in [0, 0.1) is 12.3 Å². The van der Waals surface area contributed by atoms with Crippen LogP contribution in [-0.4, -0.2) is 55.0 Å². The number of hydrogen-bond acceptors (Lipinski definition) is 5. The van der Waals surface area contributed by atoms with Crippen molar-refractivity contribution in [2.45, 2.75) is 26.7 Å². The van der Waals surface area contributed by atoms with Crippen molar-refractivity contribution in [3.63, 3.8) is 0 Å². The van der Waals surface area contributed by atoms with Gasteiger partial charge in [-0.2, -0.15) is 0 Å². The van der Waals surface area contributed by atoms with Crippen LogP contribution in [0.2, 0.25) is 0 Å². The maximum atomic E-state index is 13.0. The average Bonchev–Trinajstić information content (AvgIpc) is 3.08. The topological polar surface area (TPSA) is 101 Å². The number of aromatic nitrogens is 4. The summed E-state index contributed by atoms with van der Waals surface area (Å²) in [6, 6.07) is 7.69. The minimum atomic E-state index is -0.930. The van der Waals surface area contributed by atoms with Crippen molar-refractivity contribution in [2.24, 2.45) is 5.41 Å². The van der Waals surface area contributed by atoms with Crippen LogP contribution in [0.3, 0.4) is 0 Å². The summed E-state index contributed by atoms with van der Waals surface area (Å²) in [6.45, 7) is 4.18. The number of aliphatic carboxylic acids is 1. The summed E-state index contributed by atoms with van der Waals surface area (Å²) in [4.78, 5) is 30.3. The standard InChI is InChI=1S/C20H21N5O3/c1-13-17(18(26)24-10-4-8-20(2,12-24)19(27)28)22-23-25(13)16-6-3-5-14-11-21-9-7-15(14)16/h3,5-7,9,11H,4,8,10,12H2,1-2H3,(H,27,28). The van der Waals surface area contributed by atoms with Crippen LogP contribution in [-0.2, 0) is 4.79 Å². The Labute approximate surface area is 161 Å². The van der Waals surface area contributed by atoms with Gasteiger partial charge in [0.15, 0.2) is 5.69 Å². The van der Waals surface area contributed by atoms with Gasteiger partial charge in [-0.3, -0.25) is 14.6 Å². The third kappa shape index (κ3) is 2.90. The van der Waals surface area contributed by atoms with E-state index < -0.39 is 11.4 Å². The fourth-order valence-electron chi connectivity index (χ4n) is 3.78. The number of hydrogen-bond donors (Lipinski definition) is 1. The van der Waals surface area contributed by atoms with Crippen molar-refractivity contribution in [1.82, 2.24) is 24.9 Å². The first-order valence-corrected chi connectivity index (χ1v) is 9.19. The molecule has 0 saturated carbocycles. The third-order valence-electron chi connectivity index (χ3n) is 5.48. The molecule has 1 aliphatic rings. The van der Waals surface area contributed by atoms with Crippen molar-refractivity contribution >= 4 is 22.6 Å². The Kier molecular flexibility index (Phi) is 4.33. The molecule has 1 aliphatic heterocycles. The molecule has 8 heteroatoms. The molecule has 1 N–H and O–H groups in total. The zero-order valence-electron chi connectivity index (χ0n) is 15.8. The van der Waals surface area contributed by atoms with Crippen LogP contribution in [0.25, 0.3) is 16.5 Å². The smallest absolute Gasteiger partial charge is 0.311 e. The Morgan fingerprint density at radius 1 is 1.25 bits per heavy atom. The number of rotatable bonds is 3. The number of carbonyl (C=O) groups is 2. The molecule has 0 aliphatic carbocycles. The second-order valence-corrected chi connectivity index (χ2v) is 7.51. The van der Waals surface area contributed by atoms with E-state index >= 15 is 0 Å². The molecule has 1 amide bonds. The number of carbonyl (C=O) groups excluding carboxylic acids is 1. The molecule has 2 aromatic heterocycles. The van der Waals surface area contributed by atoms with Crippen LogP contribution in [0.1, 0.15) is 35.9 Å². The quantitative estimate of drug-likeness (QED) is 0.750. The Morgan fingerprint density at radius 3 is 2.86 bits per heavy atom. The zero-order valence-corrected chi connectivity index (χ0v) is 15.8. The highest BCUT2D eigenvalue weighted by Gasteiger charge is 2.40. The molecule has 4 rings (SSSR count). The van der Waals surface area contributed by atoms with Gasteiger partial charge in [-0.1, -0.05) is 17.3 Å². The number of carboxylic acid groups (broad SMARTS) is 1. The van der Waals surface area contributed by atoms with E-state index in [1.165, 1.54) is 0 Å². The van der Waals surface area contributed by atoms with E-state index in [2.05, 4.69) is 15.3 Å². The molecule has 1 atom stereocenters. The van der Waals surface area contributed by atoms with Gasteiger partial charge in [0, 0.05) is 36.3 Å². The largest absolute Gasteiger partial charge is 0.481 e. The number of nitrogens with zero attached hydrogens (tertiary/aromatic N) is 5. The summed E-state index contributed by atoms with van der Waals surface area (Å²) in [7, 11) is 0. The monoisotopic (exact) mass is 379 g/mol. The van der Waals surface area contributed by atoms with E-state index in [0.29, 0.717) is 25.1 Å². The van der Waals surface area contributed by atoms with Crippen LogP contribution >= 0.6 is 0 Å². The van der Waals surface area contributed by atoms with E-state index in [9.17, 15) is 14.7 Å². The lowest BCUT2D eigenvalue weighted by Gasteiger charge is -2.37. The van der Waals surface area contributed by atoms with Gasteiger partial charge in [0.05, 0.1) is 16.8 Å². The SMILES string of the molecule is Cc1c(C(=O)N2CCCC(C)(C(=O)O)C2)nnn1-c1cccc2cnccc12. The first kappa shape index (κ1) is 18.1. The van der Waals surface area contributed by atoms with Gasteiger partial charge >= 0.3 is 5.97 Å². The number of carboxylic acids is 1. The van der Waals surface area contributed by atoms with Crippen molar-refractivity contribution in [2.75, 3.05) is 13.1 Å². The zero-order chi connectivity index (χ0) is 19.9.